The zero-order valence-electron chi connectivity index (χ0n) is 9.74. The largest absolute Gasteiger partial charge is 0.481 e. The van der Waals surface area contributed by atoms with E-state index >= 15 is 0 Å². The fourth-order valence-corrected chi connectivity index (χ4v) is 2.50. The predicted octanol–water partition coefficient (Wildman–Crippen LogP) is 2.21. The summed E-state index contributed by atoms with van der Waals surface area (Å²) in [5.74, 6) is -0.808. The van der Waals surface area contributed by atoms with Gasteiger partial charge in [-0.1, -0.05) is 30.3 Å². The molecule has 0 radical (unpaired) electrons. The summed E-state index contributed by atoms with van der Waals surface area (Å²) in [5.41, 5.74) is 7.92. The summed E-state index contributed by atoms with van der Waals surface area (Å²) in [6, 6.07) is 9.50. The molecule has 1 heterocycles. The zero-order valence-corrected chi connectivity index (χ0v) is 10.6. The van der Waals surface area contributed by atoms with Crippen molar-refractivity contribution in [2.45, 2.75) is 18.9 Å². The van der Waals surface area contributed by atoms with E-state index in [9.17, 15) is 4.79 Å². The van der Waals surface area contributed by atoms with Gasteiger partial charge in [-0.25, -0.2) is 4.98 Å². The van der Waals surface area contributed by atoms with Gasteiger partial charge < -0.3 is 10.8 Å². The van der Waals surface area contributed by atoms with Gasteiger partial charge in [-0.15, -0.1) is 11.3 Å². The maximum Gasteiger partial charge on any atom is 0.303 e. The molecule has 5 heteroatoms. The molecule has 0 bridgehead atoms. The van der Waals surface area contributed by atoms with Crippen LogP contribution in [0.15, 0.2) is 35.7 Å². The smallest absolute Gasteiger partial charge is 0.303 e. The molecule has 94 valence electrons. The third kappa shape index (κ3) is 3.15. The highest BCUT2D eigenvalue weighted by molar-refractivity contribution is 7.09. The van der Waals surface area contributed by atoms with Gasteiger partial charge in [-0.2, -0.15) is 0 Å². The Morgan fingerprint density at radius 3 is 2.78 bits per heavy atom. The van der Waals surface area contributed by atoms with Crippen molar-refractivity contribution in [2.75, 3.05) is 0 Å². The predicted molar refractivity (Wildman–Crippen MR) is 70.5 cm³/mol. The molecule has 1 aromatic heterocycles. The molecule has 0 spiro atoms. The molecule has 0 fully saturated rings. The van der Waals surface area contributed by atoms with Gasteiger partial charge in [0, 0.05) is 11.8 Å². The standard InChI is InChI=1S/C13H14N2O2S/c14-12(9-4-2-1-3-5-9)13-15-10(8-18-13)6-7-11(16)17/h1-5,8,12H,6-7,14H2,(H,16,17). The lowest BCUT2D eigenvalue weighted by Gasteiger charge is -2.07. The molecule has 2 aromatic rings. The minimum atomic E-state index is -0.808. The normalized spacial score (nSPS) is 12.3. The van der Waals surface area contributed by atoms with Crippen LogP contribution in [0.25, 0.3) is 0 Å². The van der Waals surface area contributed by atoms with Gasteiger partial charge in [0.25, 0.3) is 0 Å². The average Bonchev–Trinajstić information content (AvgIpc) is 2.85. The van der Waals surface area contributed by atoms with E-state index < -0.39 is 5.97 Å². The van der Waals surface area contributed by atoms with Crippen LogP contribution >= 0.6 is 11.3 Å². The number of aliphatic carboxylic acids is 1. The molecule has 0 amide bonds. The van der Waals surface area contributed by atoms with Crippen LogP contribution in [0.4, 0.5) is 0 Å². The lowest BCUT2D eigenvalue weighted by molar-refractivity contribution is -0.136. The van der Waals surface area contributed by atoms with Gasteiger partial charge in [0.2, 0.25) is 0 Å². The van der Waals surface area contributed by atoms with E-state index in [4.69, 9.17) is 10.8 Å². The first-order valence-corrected chi connectivity index (χ1v) is 6.51. The Kier molecular flexibility index (Phi) is 4.07. The molecule has 0 saturated carbocycles. The number of thiazole rings is 1. The van der Waals surface area contributed by atoms with E-state index in [0.717, 1.165) is 16.3 Å². The summed E-state index contributed by atoms with van der Waals surface area (Å²) in [6.07, 6.45) is 0.553. The minimum absolute atomic E-state index is 0.101. The number of hydrogen-bond donors (Lipinski definition) is 2. The molecule has 2 rings (SSSR count). The number of carboxylic acids is 1. The first kappa shape index (κ1) is 12.7. The monoisotopic (exact) mass is 262 g/mol. The molecular formula is C13H14N2O2S. The lowest BCUT2D eigenvalue weighted by Crippen LogP contribution is -2.11. The van der Waals surface area contributed by atoms with Crippen LogP contribution in [-0.4, -0.2) is 16.1 Å². The highest BCUT2D eigenvalue weighted by Gasteiger charge is 2.13. The van der Waals surface area contributed by atoms with Crippen molar-refractivity contribution >= 4 is 17.3 Å². The van der Waals surface area contributed by atoms with Crippen molar-refractivity contribution < 1.29 is 9.90 Å². The SMILES string of the molecule is NC(c1ccccc1)c1nc(CCC(=O)O)cs1. The molecule has 0 aliphatic heterocycles. The van der Waals surface area contributed by atoms with Gasteiger partial charge in [-0.3, -0.25) is 4.79 Å². The molecule has 1 aromatic carbocycles. The number of carbonyl (C=O) groups is 1. The quantitative estimate of drug-likeness (QED) is 0.866. The summed E-state index contributed by atoms with van der Waals surface area (Å²) < 4.78 is 0. The summed E-state index contributed by atoms with van der Waals surface area (Å²) >= 11 is 1.48. The van der Waals surface area contributed by atoms with E-state index in [1.807, 2.05) is 35.7 Å². The summed E-state index contributed by atoms with van der Waals surface area (Å²) in [6.45, 7) is 0. The molecule has 18 heavy (non-hydrogen) atoms. The Morgan fingerprint density at radius 1 is 1.39 bits per heavy atom. The number of nitrogens with two attached hydrogens (primary N) is 1. The Bertz CT molecular complexity index is 525. The minimum Gasteiger partial charge on any atom is -0.481 e. The Morgan fingerprint density at radius 2 is 2.11 bits per heavy atom. The third-order valence-corrected chi connectivity index (χ3v) is 3.57. The third-order valence-electron chi connectivity index (χ3n) is 2.59. The molecule has 0 aliphatic rings. The number of rotatable bonds is 5. The van der Waals surface area contributed by atoms with E-state index in [2.05, 4.69) is 4.98 Å². The van der Waals surface area contributed by atoms with E-state index in [1.54, 1.807) is 0 Å². The molecule has 4 nitrogen and oxygen atoms in total. The second-order valence-electron chi connectivity index (χ2n) is 3.96. The molecule has 3 N–H and O–H groups in total. The van der Waals surface area contributed by atoms with E-state index in [0.29, 0.717) is 6.42 Å². The molecule has 1 unspecified atom stereocenters. The maximum absolute atomic E-state index is 10.5. The molecule has 0 aliphatic carbocycles. The van der Waals surface area contributed by atoms with Crippen molar-refractivity contribution in [1.82, 2.24) is 4.98 Å². The van der Waals surface area contributed by atoms with Crippen LogP contribution in [0.5, 0.6) is 0 Å². The number of aromatic nitrogens is 1. The van der Waals surface area contributed by atoms with Crippen molar-refractivity contribution in [1.29, 1.82) is 0 Å². The van der Waals surface area contributed by atoms with Gasteiger partial charge in [0.05, 0.1) is 18.2 Å². The molecule has 1 atom stereocenters. The number of benzene rings is 1. The van der Waals surface area contributed by atoms with Crippen molar-refractivity contribution in [3.63, 3.8) is 0 Å². The van der Waals surface area contributed by atoms with Crippen molar-refractivity contribution in [3.05, 3.63) is 52.0 Å². The Labute approximate surface area is 109 Å². The van der Waals surface area contributed by atoms with Crippen LogP contribution < -0.4 is 5.73 Å². The first-order valence-electron chi connectivity index (χ1n) is 5.63. The number of aryl methyl sites for hydroxylation is 1. The fourth-order valence-electron chi connectivity index (χ4n) is 1.62. The number of carboxylic acid groups (broad SMARTS) is 1. The van der Waals surface area contributed by atoms with Crippen molar-refractivity contribution in [2.24, 2.45) is 5.73 Å². The van der Waals surface area contributed by atoms with Crippen LogP contribution in [0.1, 0.15) is 28.7 Å². The second kappa shape index (κ2) is 5.75. The van der Waals surface area contributed by atoms with E-state index in [1.165, 1.54) is 11.3 Å². The van der Waals surface area contributed by atoms with Crippen molar-refractivity contribution in [3.8, 4) is 0 Å². The molecule has 0 saturated heterocycles. The Hall–Kier alpha value is -1.72. The summed E-state index contributed by atoms with van der Waals surface area (Å²) in [7, 11) is 0. The number of hydrogen-bond acceptors (Lipinski definition) is 4. The van der Waals surface area contributed by atoms with Gasteiger partial charge in [0.1, 0.15) is 5.01 Å². The van der Waals surface area contributed by atoms with E-state index in [-0.39, 0.29) is 12.5 Å². The average molecular weight is 262 g/mol. The second-order valence-corrected chi connectivity index (χ2v) is 4.85. The van der Waals surface area contributed by atoms with Gasteiger partial charge in [0.15, 0.2) is 0 Å². The highest BCUT2D eigenvalue weighted by atomic mass is 32.1. The summed E-state index contributed by atoms with van der Waals surface area (Å²) in [5, 5.41) is 11.3. The van der Waals surface area contributed by atoms with Crippen LogP contribution in [-0.2, 0) is 11.2 Å². The lowest BCUT2D eigenvalue weighted by atomic mass is 10.1. The fraction of sp³-hybridized carbons (Fsp3) is 0.231. The maximum atomic E-state index is 10.5. The van der Waals surface area contributed by atoms with Gasteiger partial charge in [-0.05, 0) is 5.56 Å². The number of nitrogens with zero attached hydrogens (tertiary/aromatic N) is 1. The topological polar surface area (TPSA) is 76.2 Å². The zero-order chi connectivity index (χ0) is 13.0. The highest BCUT2D eigenvalue weighted by Crippen LogP contribution is 2.23. The van der Waals surface area contributed by atoms with Crippen LogP contribution in [0, 0.1) is 0 Å². The molecular weight excluding hydrogens is 248 g/mol. The van der Waals surface area contributed by atoms with Crippen LogP contribution in [0.2, 0.25) is 0 Å². The van der Waals surface area contributed by atoms with Crippen LogP contribution in [0.3, 0.4) is 0 Å². The van der Waals surface area contributed by atoms with Gasteiger partial charge >= 0.3 is 5.97 Å². The first-order chi connectivity index (χ1) is 8.66. The summed E-state index contributed by atoms with van der Waals surface area (Å²) in [4.78, 5) is 14.9. The Balaban J connectivity index is 2.08.